The molecule has 3 N–H and O–H groups in total. The van der Waals surface area contributed by atoms with Gasteiger partial charge in [0.05, 0.1) is 18.9 Å². The molecule has 1 fully saturated rings. The molecule has 0 spiro atoms. The number of ether oxygens (including phenoxy) is 1. The Morgan fingerprint density at radius 3 is 3.06 bits per heavy atom. The van der Waals surface area contributed by atoms with Gasteiger partial charge in [0.15, 0.2) is 5.03 Å². The second kappa shape index (κ2) is 5.35. The lowest BCUT2D eigenvalue weighted by molar-refractivity contribution is 0.00444. The molecule has 1 atom stereocenters. The van der Waals surface area contributed by atoms with Crippen LogP contribution in [0.3, 0.4) is 0 Å². The highest BCUT2D eigenvalue weighted by atomic mass is 32.2. The molecule has 2 heterocycles. The number of nitrogens with two attached hydrogens (primary N) is 1. The van der Waals surface area contributed by atoms with Crippen LogP contribution in [-0.2, 0) is 21.2 Å². The van der Waals surface area contributed by atoms with Crippen LogP contribution in [0.15, 0.2) is 11.2 Å². The summed E-state index contributed by atoms with van der Waals surface area (Å²) in [4.78, 5) is 6.84. The number of nitrogens with zero attached hydrogens (tertiary/aromatic N) is 2. The summed E-state index contributed by atoms with van der Waals surface area (Å²) < 4.78 is 31.4. The predicted molar refractivity (Wildman–Crippen MR) is 65.5 cm³/mol. The average molecular weight is 274 g/mol. The minimum Gasteiger partial charge on any atom is -0.374 e. The molecule has 1 aromatic rings. The Balaban J connectivity index is 2.19. The van der Waals surface area contributed by atoms with E-state index in [1.54, 1.807) is 0 Å². The van der Waals surface area contributed by atoms with Gasteiger partial charge in [-0.25, -0.2) is 13.4 Å². The molecule has 0 aliphatic carbocycles. The van der Waals surface area contributed by atoms with Crippen molar-refractivity contribution in [3.63, 3.8) is 0 Å². The van der Waals surface area contributed by atoms with Gasteiger partial charge >= 0.3 is 0 Å². The topological polar surface area (TPSA) is 101 Å². The summed E-state index contributed by atoms with van der Waals surface area (Å²) in [7, 11) is -3.51. The number of H-pyrrole nitrogens is 1. The SMILES string of the molecule is CCc1ncc(S(=O)(=O)N2CCOC(CN)C2)[nH]1. The molecule has 102 valence electrons. The third-order valence-electron chi connectivity index (χ3n) is 2.92. The van der Waals surface area contributed by atoms with Crippen molar-refractivity contribution in [1.29, 1.82) is 0 Å². The van der Waals surface area contributed by atoms with E-state index in [9.17, 15) is 8.42 Å². The first-order chi connectivity index (χ1) is 8.57. The zero-order valence-corrected chi connectivity index (χ0v) is 11.1. The van der Waals surface area contributed by atoms with Crippen molar-refractivity contribution in [3.8, 4) is 0 Å². The lowest BCUT2D eigenvalue weighted by Crippen LogP contribution is -2.48. The predicted octanol–water partition coefficient (Wildman–Crippen LogP) is -0.680. The average Bonchev–Trinajstić information content (AvgIpc) is 2.88. The van der Waals surface area contributed by atoms with Crippen molar-refractivity contribution in [2.45, 2.75) is 24.5 Å². The number of rotatable bonds is 4. The Morgan fingerprint density at radius 1 is 1.67 bits per heavy atom. The second-order valence-electron chi connectivity index (χ2n) is 4.14. The van der Waals surface area contributed by atoms with Crippen LogP contribution in [0.5, 0.6) is 0 Å². The number of aromatic nitrogens is 2. The summed E-state index contributed by atoms with van der Waals surface area (Å²) in [5, 5.41) is 0.136. The number of hydrogen-bond acceptors (Lipinski definition) is 5. The van der Waals surface area contributed by atoms with Crippen LogP contribution in [-0.4, -0.2) is 55.0 Å². The van der Waals surface area contributed by atoms with Crippen LogP contribution >= 0.6 is 0 Å². The molecule has 1 saturated heterocycles. The highest BCUT2D eigenvalue weighted by Gasteiger charge is 2.31. The van der Waals surface area contributed by atoms with Gasteiger partial charge in [-0.15, -0.1) is 0 Å². The van der Waals surface area contributed by atoms with Crippen molar-refractivity contribution >= 4 is 10.0 Å². The fourth-order valence-corrected chi connectivity index (χ4v) is 3.23. The summed E-state index contributed by atoms with van der Waals surface area (Å²) in [5.74, 6) is 0.664. The van der Waals surface area contributed by atoms with E-state index >= 15 is 0 Å². The third-order valence-corrected chi connectivity index (χ3v) is 4.70. The Hall–Kier alpha value is -0.960. The standard InChI is InChI=1S/C10H18N4O3S/c1-2-9-12-6-10(13-9)18(15,16)14-3-4-17-8(5-11)7-14/h6,8H,2-5,7,11H2,1H3,(H,12,13). The molecule has 0 aromatic carbocycles. The largest absolute Gasteiger partial charge is 0.374 e. The summed E-state index contributed by atoms with van der Waals surface area (Å²) in [6.07, 6.45) is 1.80. The smallest absolute Gasteiger partial charge is 0.260 e. The van der Waals surface area contributed by atoms with Crippen LogP contribution in [0.25, 0.3) is 0 Å². The molecule has 18 heavy (non-hydrogen) atoms. The van der Waals surface area contributed by atoms with Gasteiger partial charge in [0.2, 0.25) is 0 Å². The van der Waals surface area contributed by atoms with E-state index in [0.29, 0.717) is 38.5 Å². The Kier molecular flexibility index (Phi) is 4.00. The normalized spacial score (nSPS) is 22.2. The quantitative estimate of drug-likeness (QED) is 0.757. The molecule has 1 aromatic heterocycles. The van der Waals surface area contributed by atoms with Gasteiger partial charge in [-0.3, -0.25) is 0 Å². The van der Waals surface area contributed by atoms with Gasteiger partial charge in [-0.2, -0.15) is 4.31 Å². The number of sulfonamides is 1. The van der Waals surface area contributed by atoms with E-state index in [1.807, 2.05) is 6.92 Å². The van der Waals surface area contributed by atoms with Crippen LogP contribution in [0.1, 0.15) is 12.7 Å². The molecule has 8 heteroatoms. The molecule has 1 aliphatic heterocycles. The third kappa shape index (κ3) is 2.56. The molecule has 1 aliphatic rings. The van der Waals surface area contributed by atoms with Gasteiger partial charge in [0.1, 0.15) is 5.82 Å². The number of imidazole rings is 1. The first-order valence-electron chi connectivity index (χ1n) is 5.93. The van der Waals surface area contributed by atoms with Crippen molar-refractivity contribution in [2.75, 3.05) is 26.2 Å². The van der Waals surface area contributed by atoms with Crippen molar-refractivity contribution in [3.05, 3.63) is 12.0 Å². The number of aryl methyl sites for hydroxylation is 1. The molecule has 0 bridgehead atoms. The fraction of sp³-hybridized carbons (Fsp3) is 0.700. The maximum Gasteiger partial charge on any atom is 0.260 e. The maximum absolute atomic E-state index is 12.3. The monoisotopic (exact) mass is 274 g/mol. The number of nitrogens with one attached hydrogen (secondary N) is 1. The van der Waals surface area contributed by atoms with E-state index in [0.717, 1.165) is 0 Å². The summed E-state index contributed by atoms with van der Waals surface area (Å²) in [6, 6.07) is 0. The van der Waals surface area contributed by atoms with Crippen LogP contribution in [0.4, 0.5) is 0 Å². The van der Waals surface area contributed by atoms with E-state index in [1.165, 1.54) is 10.5 Å². The maximum atomic E-state index is 12.3. The Labute approximate surface area is 106 Å². The molecule has 2 rings (SSSR count). The number of morpholine rings is 1. The molecule has 0 saturated carbocycles. The molecule has 1 unspecified atom stereocenters. The Morgan fingerprint density at radius 2 is 2.44 bits per heavy atom. The number of hydrogen-bond donors (Lipinski definition) is 2. The van der Waals surface area contributed by atoms with Gasteiger partial charge in [0.25, 0.3) is 10.0 Å². The molecular formula is C10H18N4O3S. The van der Waals surface area contributed by atoms with E-state index in [-0.39, 0.29) is 11.1 Å². The van der Waals surface area contributed by atoms with Crippen LogP contribution in [0.2, 0.25) is 0 Å². The lowest BCUT2D eigenvalue weighted by atomic mass is 10.3. The lowest BCUT2D eigenvalue weighted by Gasteiger charge is -2.30. The summed E-state index contributed by atoms with van der Waals surface area (Å²) >= 11 is 0. The highest BCUT2D eigenvalue weighted by molar-refractivity contribution is 7.89. The molecule has 0 amide bonds. The van der Waals surface area contributed by atoms with Gasteiger partial charge in [-0.1, -0.05) is 6.92 Å². The van der Waals surface area contributed by atoms with Crippen LogP contribution < -0.4 is 5.73 Å². The van der Waals surface area contributed by atoms with Crippen LogP contribution in [0, 0.1) is 0 Å². The van der Waals surface area contributed by atoms with E-state index in [2.05, 4.69) is 9.97 Å². The van der Waals surface area contributed by atoms with Crippen molar-refractivity contribution < 1.29 is 13.2 Å². The summed E-state index contributed by atoms with van der Waals surface area (Å²) in [6.45, 7) is 3.23. The number of aromatic amines is 1. The van der Waals surface area contributed by atoms with Gasteiger partial charge < -0.3 is 15.5 Å². The zero-order valence-electron chi connectivity index (χ0n) is 10.3. The first kappa shape index (κ1) is 13.5. The highest BCUT2D eigenvalue weighted by Crippen LogP contribution is 2.17. The van der Waals surface area contributed by atoms with E-state index in [4.69, 9.17) is 10.5 Å². The van der Waals surface area contributed by atoms with Gasteiger partial charge in [0, 0.05) is 26.1 Å². The molecule has 7 nitrogen and oxygen atoms in total. The first-order valence-corrected chi connectivity index (χ1v) is 7.37. The summed E-state index contributed by atoms with van der Waals surface area (Å²) in [5.41, 5.74) is 5.51. The zero-order chi connectivity index (χ0) is 13.2. The minimum atomic E-state index is -3.51. The Bertz CT molecular complexity index is 499. The van der Waals surface area contributed by atoms with E-state index < -0.39 is 10.0 Å². The van der Waals surface area contributed by atoms with Crippen molar-refractivity contribution in [1.82, 2.24) is 14.3 Å². The fourth-order valence-electron chi connectivity index (χ4n) is 1.85. The van der Waals surface area contributed by atoms with Crippen molar-refractivity contribution in [2.24, 2.45) is 5.73 Å². The molecular weight excluding hydrogens is 256 g/mol. The minimum absolute atomic E-state index is 0.136. The second-order valence-corrected chi connectivity index (χ2v) is 6.05. The molecule has 0 radical (unpaired) electrons. The van der Waals surface area contributed by atoms with Gasteiger partial charge in [-0.05, 0) is 0 Å².